The molecule has 0 aliphatic carbocycles. The van der Waals surface area contributed by atoms with Gasteiger partial charge in [0.25, 0.3) is 0 Å². The highest BCUT2D eigenvalue weighted by molar-refractivity contribution is 5.86. The summed E-state index contributed by atoms with van der Waals surface area (Å²) in [6.45, 7) is 2.01. The second-order valence-corrected chi connectivity index (χ2v) is 3.73. The average molecular weight is 314 g/mol. The molecular formula is C9H15Cl3N6. The summed E-state index contributed by atoms with van der Waals surface area (Å²) in [5, 5.41) is 3.32. The number of nitrogens with two attached hydrogens (primary N) is 1. The quantitative estimate of drug-likeness (QED) is 0.827. The minimum Gasteiger partial charge on any atom is -0.382 e. The van der Waals surface area contributed by atoms with E-state index in [1.54, 1.807) is 6.33 Å². The van der Waals surface area contributed by atoms with Gasteiger partial charge < -0.3 is 15.6 Å². The van der Waals surface area contributed by atoms with Gasteiger partial charge in [-0.2, -0.15) is 0 Å². The minimum atomic E-state index is 0. The van der Waals surface area contributed by atoms with Crippen LogP contribution in [0.15, 0.2) is 12.7 Å². The molecule has 2 aromatic rings. The second kappa shape index (κ2) is 6.94. The normalized spacial score (nSPS) is 17.7. The lowest BCUT2D eigenvalue weighted by Gasteiger charge is -2.10. The smallest absolute Gasteiger partial charge is 0.165 e. The first-order valence-electron chi connectivity index (χ1n) is 5.00. The molecule has 1 aliphatic rings. The Morgan fingerprint density at radius 2 is 2.00 bits per heavy atom. The summed E-state index contributed by atoms with van der Waals surface area (Å²) in [4.78, 5) is 12.4. The van der Waals surface area contributed by atoms with Crippen LogP contribution in [0.2, 0.25) is 0 Å². The third-order valence-electron chi connectivity index (χ3n) is 2.81. The monoisotopic (exact) mass is 312 g/mol. The van der Waals surface area contributed by atoms with Gasteiger partial charge in [-0.1, -0.05) is 0 Å². The van der Waals surface area contributed by atoms with Crippen LogP contribution in [0.5, 0.6) is 0 Å². The molecule has 0 saturated carbocycles. The average Bonchev–Trinajstić information content (AvgIpc) is 2.85. The largest absolute Gasteiger partial charge is 0.382 e. The molecule has 3 N–H and O–H groups in total. The lowest BCUT2D eigenvalue weighted by molar-refractivity contribution is 0.558. The Morgan fingerprint density at radius 1 is 1.22 bits per heavy atom. The number of nitrogens with zero attached hydrogens (tertiary/aromatic N) is 4. The predicted molar refractivity (Wildman–Crippen MR) is 78.0 cm³/mol. The zero-order valence-corrected chi connectivity index (χ0v) is 11.9. The first-order chi connectivity index (χ1) is 7.36. The van der Waals surface area contributed by atoms with Crippen LogP contribution in [-0.2, 0) is 0 Å². The number of nitrogen functional groups attached to an aromatic ring is 1. The summed E-state index contributed by atoms with van der Waals surface area (Å²) in [7, 11) is 0. The van der Waals surface area contributed by atoms with Crippen molar-refractivity contribution < 1.29 is 0 Å². The van der Waals surface area contributed by atoms with Gasteiger partial charge in [0, 0.05) is 6.54 Å². The van der Waals surface area contributed by atoms with Crippen molar-refractivity contribution in [2.75, 3.05) is 18.8 Å². The number of hydrogen-bond acceptors (Lipinski definition) is 5. The molecule has 0 radical (unpaired) electrons. The first kappa shape index (κ1) is 17.2. The molecule has 1 saturated heterocycles. The van der Waals surface area contributed by atoms with Crippen molar-refractivity contribution in [3.8, 4) is 0 Å². The van der Waals surface area contributed by atoms with E-state index in [1.165, 1.54) is 6.33 Å². The lowest BCUT2D eigenvalue weighted by Crippen LogP contribution is -2.13. The molecule has 0 aromatic carbocycles. The SMILES string of the molecule is Cl.Cl.Cl.Nc1ncnc2c1ncn2C1CCNC1. The topological polar surface area (TPSA) is 81.7 Å². The molecule has 3 rings (SSSR count). The molecule has 1 fully saturated rings. The van der Waals surface area contributed by atoms with Crippen LogP contribution in [0.1, 0.15) is 12.5 Å². The van der Waals surface area contributed by atoms with Gasteiger partial charge in [-0.05, 0) is 13.0 Å². The van der Waals surface area contributed by atoms with Gasteiger partial charge in [0.2, 0.25) is 0 Å². The Bertz CT molecular complexity index is 496. The number of fused-ring (bicyclic) bond motifs is 1. The summed E-state index contributed by atoms with van der Waals surface area (Å²) in [6, 6.07) is 0.435. The van der Waals surface area contributed by atoms with Gasteiger partial charge in [-0.3, -0.25) is 0 Å². The van der Waals surface area contributed by atoms with Crippen LogP contribution >= 0.6 is 37.2 Å². The summed E-state index contributed by atoms with van der Waals surface area (Å²) in [5.41, 5.74) is 7.25. The molecule has 1 atom stereocenters. The third-order valence-corrected chi connectivity index (χ3v) is 2.81. The summed E-state index contributed by atoms with van der Waals surface area (Å²) in [6.07, 6.45) is 4.39. The molecule has 0 amide bonds. The predicted octanol–water partition coefficient (Wildman–Crippen LogP) is 1.21. The molecule has 1 unspecified atom stereocenters. The molecule has 0 bridgehead atoms. The fourth-order valence-corrected chi connectivity index (χ4v) is 2.01. The van der Waals surface area contributed by atoms with Crippen LogP contribution in [0.3, 0.4) is 0 Å². The second-order valence-electron chi connectivity index (χ2n) is 3.73. The molecular weight excluding hydrogens is 299 g/mol. The van der Waals surface area contributed by atoms with Gasteiger partial charge in [-0.15, -0.1) is 37.2 Å². The van der Waals surface area contributed by atoms with E-state index in [2.05, 4.69) is 24.8 Å². The maximum Gasteiger partial charge on any atom is 0.165 e. The third kappa shape index (κ3) is 2.77. The Morgan fingerprint density at radius 3 is 2.67 bits per heavy atom. The van der Waals surface area contributed by atoms with Gasteiger partial charge >= 0.3 is 0 Å². The van der Waals surface area contributed by atoms with E-state index in [1.807, 2.05) is 0 Å². The maximum absolute atomic E-state index is 5.73. The molecule has 1 aliphatic heterocycles. The number of halogens is 3. The van der Waals surface area contributed by atoms with Crippen molar-refractivity contribution in [1.29, 1.82) is 0 Å². The zero-order valence-electron chi connectivity index (χ0n) is 9.44. The maximum atomic E-state index is 5.73. The van der Waals surface area contributed by atoms with Crippen LogP contribution in [0, 0.1) is 0 Å². The molecule has 3 heterocycles. The Labute approximate surface area is 123 Å². The fraction of sp³-hybridized carbons (Fsp3) is 0.444. The highest BCUT2D eigenvalue weighted by atomic mass is 35.5. The number of anilines is 1. The molecule has 0 spiro atoms. The van der Waals surface area contributed by atoms with Crippen molar-refractivity contribution in [3.05, 3.63) is 12.7 Å². The number of rotatable bonds is 1. The number of nitrogens with one attached hydrogen (secondary N) is 1. The van der Waals surface area contributed by atoms with Crippen LogP contribution in [0.25, 0.3) is 11.2 Å². The van der Waals surface area contributed by atoms with Crippen LogP contribution in [-0.4, -0.2) is 32.6 Å². The van der Waals surface area contributed by atoms with Gasteiger partial charge in [0.05, 0.1) is 12.4 Å². The standard InChI is InChI=1S/C9H12N6.3ClH/c10-8-7-9(13-4-12-8)15(5-14-7)6-1-2-11-3-6;;;/h4-6,11H,1-3H2,(H2,10,12,13);3*1H. The number of imidazole rings is 1. The summed E-state index contributed by atoms with van der Waals surface area (Å²) >= 11 is 0. The molecule has 18 heavy (non-hydrogen) atoms. The Kier molecular flexibility index (Phi) is 6.62. The highest BCUT2D eigenvalue weighted by Crippen LogP contribution is 2.21. The van der Waals surface area contributed by atoms with Crippen molar-refractivity contribution in [2.24, 2.45) is 0 Å². The molecule has 102 valence electrons. The summed E-state index contributed by atoms with van der Waals surface area (Å²) < 4.78 is 2.08. The molecule has 6 nitrogen and oxygen atoms in total. The fourth-order valence-electron chi connectivity index (χ4n) is 2.01. The Balaban J connectivity index is 0.000000963. The molecule has 9 heteroatoms. The van der Waals surface area contributed by atoms with Crippen LogP contribution in [0.4, 0.5) is 5.82 Å². The van der Waals surface area contributed by atoms with E-state index >= 15 is 0 Å². The van der Waals surface area contributed by atoms with Gasteiger partial charge in [0.15, 0.2) is 11.5 Å². The minimum absolute atomic E-state index is 0. The molecule has 2 aromatic heterocycles. The van der Waals surface area contributed by atoms with Crippen molar-refractivity contribution in [2.45, 2.75) is 12.5 Å². The van der Waals surface area contributed by atoms with Gasteiger partial charge in [0.1, 0.15) is 11.8 Å². The van der Waals surface area contributed by atoms with E-state index in [9.17, 15) is 0 Å². The van der Waals surface area contributed by atoms with E-state index in [-0.39, 0.29) is 37.2 Å². The van der Waals surface area contributed by atoms with Crippen molar-refractivity contribution in [1.82, 2.24) is 24.8 Å². The highest BCUT2D eigenvalue weighted by Gasteiger charge is 2.19. The first-order valence-corrected chi connectivity index (χ1v) is 5.00. The Hall–Kier alpha value is -0.820. The van der Waals surface area contributed by atoms with E-state index in [4.69, 9.17) is 5.73 Å². The van der Waals surface area contributed by atoms with E-state index in [0.29, 0.717) is 17.4 Å². The lowest BCUT2D eigenvalue weighted by atomic mass is 10.2. The number of aromatic nitrogens is 4. The number of hydrogen-bond donors (Lipinski definition) is 2. The van der Waals surface area contributed by atoms with E-state index in [0.717, 1.165) is 25.2 Å². The van der Waals surface area contributed by atoms with E-state index < -0.39 is 0 Å². The van der Waals surface area contributed by atoms with Crippen molar-refractivity contribution in [3.63, 3.8) is 0 Å². The zero-order chi connectivity index (χ0) is 10.3. The summed E-state index contributed by atoms with van der Waals surface area (Å²) in [5.74, 6) is 0.449. The van der Waals surface area contributed by atoms with Crippen molar-refractivity contribution >= 4 is 54.2 Å². The van der Waals surface area contributed by atoms with Crippen LogP contribution < -0.4 is 11.1 Å². The van der Waals surface area contributed by atoms with Gasteiger partial charge in [-0.25, -0.2) is 15.0 Å².